The SMILES string of the molecule is CC1(C)c2ccccc2-c2ccc(-c3ccc(-c4cc(-c5cc(-c6ccccc6)nc(-c6ccccc6)n5)cc(-c5cccc6c5sc5ccccc56)c4)cc3)cc21. The average Bonchev–Trinajstić information content (AvgIpc) is 3.78. The Labute approximate surface area is 342 Å². The topological polar surface area (TPSA) is 25.8 Å². The summed E-state index contributed by atoms with van der Waals surface area (Å²) in [5.74, 6) is 0.709. The quantitative estimate of drug-likeness (QED) is 0.169. The second-order valence-corrected chi connectivity index (χ2v) is 16.8. The summed E-state index contributed by atoms with van der Waals surface area (Å²) in [7, 11) is 0. The maximum absolute atomic E-state index is 5.27. The molecule has 0 aliphatic heterocycles. The van der Waals surface area contributed by atoms with Crippen molar-refractivity contribution in [2.75, 3.05) is 0 Å². The van der Waals surface area contributed by atoms with Crippen LogP contribution in [-0.4, -0.2) is 9.97 Å². The van der Waals surface area contributed by atoms with Gasteiger partial charge in [0.05, 0.1) is 11.4 Å². The Balaban J connectivity index is 1.07. The first-order valence-corrected chi connectivity index (χ1v) is 20.7. The maximum atomic E-state index is 5.27. The van der Waals surface area contributed by atoms with E-state index in [4.69, 9.17) is 9.97 Å². The fraction of sp³-hybridized carbons (Fsp3) is 0.0545. The number of rotatable bonds is 6. The lowest BCUT2D eigenvalue weighted by Crippen LogP contribution is -2.14. The third kappa shape index (κ3) is 5.78. The first-order valence-electron chi connectivity index (χ1n) is 19.9. The molecule has 0 atom stereocenters. The third-order valence-corrected chi connectivity index (χ3v) is 13.1. The van der Waals surface area contributed by atoms with Gasteiger partial charge in [0, 0.05) is 42.3 Å². The molecule has 0 N–H and O–H groups in total. The molecule has 2 heterocycles. The number of aromatic nitrogens is 2. The van der Waals surface area contributed by atoms with Gasteiger partial charge in [-0.3, -0.25) is 0 Å². The smallest absolute Gasteiger partial charge is 0.160 e. The minimum Gasteiger partial charge on any atom is -0.228 e. The monoisotopic (exact) mass is 758 g/mol. The van der Waals surface area contributed by atoms with Gasteiger partial charge in [-0.1, -0.05) is 172 Å². The molecule has 274 valence electrons. The van der Waals surface area contributed by atoms with Gasteiger partial charge in [0.15, 0.2) is 5.82 Å². The minimum atomic E-state index is -0.0439. The molecule has 0 saturated heterocycles. The summed E-state index contributed by atoms with van der Waals surface area (Å²) >= 11 is 1.86. The number of hydrogen-bond acceptors (Lipinski definition) is 3. The Kier molecular flexibility index (Phi) is 8.06. The highest BCUT2D eigenvalue weighted by Gasteiger charge is 2.35. The minimum absolute atomic E-state index is 0.0439. The highest BCUT2D eigenvalue weighted by Crippen LogP contribution is 2.50. The van der Waals surface area contributed by atoms with E-state index in [0.717, 1.165) is 44.8 Å². The van der Waals surface area contributed by atoms with Gasteiger partial charge in [-0.2, -0.15) is 0 Å². The van der Waals surface area contributed by atoms with E-state index in [2.05, 4.69) is 184 Å². The lowest BCUT2D eigenvalue weighted by molar-refractivity contribution is 0.660. The largest absolute Gasteiger partial charge is 0.228 e. The Hall–Kier alpha value is -6.94. The van der Waals surface area contributed by atoms with Crippen LogP contribution in [0.2, 0.25) is 0 Å². The van der Waals surface area contributed by atoms with E-state index in [1.807, 2.05) is 35.6 Å². The van der Waals surface area contributed by atoms with Gasteiger partial charge in [0.25, 0.3) is 0 Å². The van der Waals surface area contributed by atoms with Gasteiger partial charge in [0.2, 0.25) is 0 Å². The van der Waals surface area contributed by atoms with Crippen LogP contribution in [0.3, 0.4) is 0 Å². The number of thiophene rings is 1. The van der Waals surface area contributed by atoms with Crippen LogP contribution in [0.15, 0.2) is 194 Å². The molecule has 3 heteroatoms. The Morgan fingerprint density at radius 2 is 0.931 bits per heavy atom. The molecule has 1 aliphatic carbocycles. The van der Waals surface area contributed by atoms with Crippen LogP contribution < -0.4 is 0 Å². The van der Waals surface area contributed by atoms with Gasteiger partial charge in [-0.05, 0) is 92.0 Å². The van der Waals surface area contributed by atoms with Crippen LogP contribution in [-0.2, 0) is 5.41 Å². The van der Waals surface area contributed by atoms with Crippen LogP contribution in [0, 0.1) is 0 Å². The number of benzene rings is 8. The Morgan fingerprint density at radius 3 is 1.72 bits per heavy atom. The van der Waals surface area contributed by atoms with Crippen LogP contribution in [0.1, 0.15) is 25.0 Å². The number of hydrogen-bond donors (Lipinski definition) is 0. The number of nitrogens with zero attached hydrogens (tertiary/aromatic N) is 2. The molecule has 10 aromatic rings. The van der Waals surface area contributed by atoms with Crippen molar-refractivity contribution in [3.63, 3.8) is 0 Å². The summed E-state index contributed by atoms with van der Waals surface area (Å²) in [6, 6.07) is 70.2. The summed E-state index contributed by atoms with van der Waals surface area (Å²) in [4.78, 5) is 10.4. The molecular weight excluding hydrogens is 721 g/mol. The zero-order valence-corrected chi connectivity index (χ0v) is 33.1. The molecule has 2 nitrogen and oxygen atoms in total. The van der Waals surface area contributed by atoms with E-state index in [0.29, 0.717) is 5.82 Å². The zero-order valence-electron chi connectivity index (χ0n) is 32.3. The molecule has 0 bridgehead atoms. The molecule has 8 aromatic carbocycles. The van der Waals surface area contributed by atoms with Crippen molar-refractivity contribution in [3.05, 3.63) is 205 Å². The van der Waals surface area contributed by atoms with Gasteiger partial charge in [-0.25, -0.2) is 9.97 Å². The fourth-order valence-electron chi connectivity index (χ4n) is 8.88. The van der Waals surface area contributed by atoms with Crippen LogP contribution in [0.5, 0.6) is 0 Å². The maximum Gasteiger partial charge on any atom is 0.160 e. The second-order valence-electron chi connectivity index (χ2n) is 15.8. The predicted molar refractivity (Wildman–Crippen MR) is 245 cm³/mol. The van der Waals surface area contributed by atoms with E-state index in [1.54, 1.807) is 0 Å². The molecule has 0 spiro atoms. The van der Waals surface area contributed by atoms with E-state index < -0.39 is 0 Å². The molecular formula is C55H38N2S. The molecule has 0 fully saturated rings. The van der Waals surface area contributed by atoms with Gasteiger partial charge in [-0.15, -0.1) is 11.3 Å². The first kappa shape index (κ1) is 34.3. The van der Waals surface area contributed by atoms with E-state index in [1.165, 1.54) is 59.1 Å². The van der Waals surface area contributed by atoms with Crippen LogP contribution in [0.25, 0.3) is 98.6 Å². The summed E-state index contributed by atoms with van der Waals surface area (Å²) in [5, 5.41) is 2.58. The van der Waals surface area contributed by atoms with Crippen LogP contribution >= 0.6 is 11.3 Å². The zero-order chi connectivity index (χ0) is 38.8. The van der Waals surface area contributed by atoms with E-state index in [9.17, 15) is 0 Å². The normalized spacial score (nSPS) is 12.8. The van der Waals surface area contributed by atoms with Crippen molar-refractivity contribution >= 4 is 31.5 Å². The standard InChI is InChI=1S/C55H38N2S/c1-55(2)48-22-11-9-18-44(48)45-29-28-39(33-49(45)55)35-24-26-36(27-25-35)40-30-41(43-20-13-21-47-46-19-10-12-23-52(46)58-53(43)47)32-42(31-40)51-34-50(37-14-5-3-6-15-37)56-54(57-51)38-16-7-4-8-17-38/h3-34H,1-2H3. The molecule has 11 rings (SSSR count). The molecule has 0 radical (unpaired) electrons. The predicted octanol–water partition coefficient (Wildman–Crippen LogP) is 15.2. The Morgan fingerprint density at radius 1 is 0.362 bits per heavy atom. The van der Waals surface area contributed by atoms with Gasteiger partial charge in [0.1, 0.15) is 0 Å². The van der Waals surface area contributed by atoms with E-state index in [-0.39, 0.29) is 5.41 Å². The van der Waals surface area contributed by atoms with Crippen molar-refractivity contribution < 1.29 is 0 Å². The number of fused-ring (bicyclic) bond motifs is 6. The average molecular weight is 759 g/mol. The summed E-state index contributed by atoms with van der Waals surface area (Å²) in [6.45, 7) is 4.69. The second kappa shape index (κ2) is 13.6. The first-order chi connectivity index (χ1) is 28.5. The lowest BCUT2D eigenvalue weighted by atomic mass is 9.81. The molecule has 0 unspecified atom stereocenters. The van der Waals surface area contributed by atoms with Crippen molar-refractivity contribution in [3.8, 4) is 78.4 Å². The summed E-state index contributed by atoms with van der Waals surface area (Å²) in [5.41, 5.74) is 17.4. The van der Waals surface area contributed by atoms with E-state index >= 15 is 0 Å². The Bertz CT molecular complexity index is 3120. The molecule has 58 heavy (non-hydrogen) atoms. The van der Waals surface area contributed by atoms with Gasteiger partial charge < -0.3 is 0 Å². The summed E-state index contributed by atoms with van der Waals surface area (Å²) in [6.07, 6.45) is 0. The van der Waals surface area contributed by atoms with Crippen molar-refractivity contribution in [1.29, 1.82) is 0 Å². The summed E-state index contributed by atoms with van der Waals surface area (Å²) < 4.78 is 2.59. The highest BCUT2D eigenvalue weighted by molar-refractivity contribution is 7.26. The lowest BCUT2D eigenvalue weighted by Gasteiger charge is -2.22. The molecule has 2 aromatic heterocycles. The fourth-order valence-corrected chi connectivity index (χ4v) is 10.1. The van der Waals surface area contributed by atoms with Gasteiger partial charge >= 0.3 is 0 Å². The van der Waals surface area contributed by atoms with Crippen molar-refractivity contribution in [2.24, 2.45) is 0 Å². The molecule has 1 aliphatic rings. The highest BCUT2D eigenvalue weighted by atomic mass is 32.1. The van der Waals surface area contributed by atoms with Crippen molar-refractivity contribution in [1.82, 2.24) is 9.97 Å². The molecule has 0 amide bonds. The third-order valence-electron chi connectivity index (χ3n) is 11.9. The molecule has 0 saturated carbocycles. The van der Waals surface area contributed by atoms with Crippen molar-refractivity contribution in [2.45, 2.75) is 19.3 Å². The van der Waals surface area contributed by atoms with Crippen LogP contribution in [0.4, 0.5) is 0 Å².